The van der Waals surface area contributed by atoms with E-state index in [4.69, 9.17) is 0 Å². The van der Waals surface area contributed by atoms with E-state index < -0.39 is 15.6 Å². The van der Waals surface area contributed by atoms with Crippen LogP contribution >= 0.6 is 0 Å². The van der Waals surface area contributed by atoms with Crippen LogP contribution in [0.2, 0.25) is 0 Å². The maximum atomic E-state index is 12.2. The molecule has 0 fully saturated rings. The van der Waals surface area contributed by atoms with Crippen LogP contribution in [0, 0.1) is 0 Å². The van der Waals surface area contributed by atoms with Gasteiger partial charge in [0.15, 0.2) is 0 Å². The highest BCUT2D eigenvalue weighted by molar-refractivity contribution is 7.92. The maximum absolute atomic E-state index is 12.2. The van der Waals surface area contributed by atoms with Crippen LogP contribution < -0.4 is 10.3 Å². The van der Waals surface area contributed by atoms with E-state index in [0.717, 1.165) is 17.2 Å². The number of aromatic amines is 2. The second-order valence-corrected chi connectivity index (χ2v) is 6.35. The molecule has 0 unspecified atom stereocenters. The van der Waals surface area contributed by atoms with Gasteiger partial charge in [0.1, 0.15) is 5.82 Å². The molecule has 22 heavy (non-hydrogen) atoms. The molecule has 7 heteroatoms. The van der Waals surface area contributed by atoms with Crippen LogP contribution in [0.15, 0.2) is 70.4 Å². The van der Waals surface area contributed by atoms with Crippen molar-refractivity contribution in [1.29, 1.82) is 0 Å². The lowest BCUT2D eigenvalue weighted by atomic mass is 10.1. The van der Waals surface area contributed by atoms with Crippen molar-refractivity contribution in [3.63, 3.8) is 0 Å². The van der Waals surface area contributed by atoms with E-state index in [1.54, 1.807) is 12.1 Å². The Bertz CT molecular complexity index is 926. The van der Waals surface area contributed by atoms with Gasteiger partial charge in [-0.3, -0.25) is 19.7 Å². The molecule has 0 bridgehead atoms. The van der Waals surface area contributed by atoms with Crippen molar-refractivity contribution in [2.45, 2.75) is 4.90 Å². The summed E-state index contributed by atoms with van der Waals surface area (Å²) >= 11 is 0. The second-order valence-electron chi connectivity index (χ2n) is 4.67. The van der Waals surface area contributed by atoms with Crippen molar-refractivity contribution in [3.8, 4) is 11.1 Å². The highest BCUT2D eigenvalue weighted by atomic mass is 32.2. The Morgan fingerprint density at radius 2 is 1.45 bits per heavy atom. The van der Waals surface area contributed by atoms with E-state index in [9.17, 15) is 13.2 Å². The standard InChI is InChI=1S/C15H13N3O3S/c19-15-10-14(16-17-15)18-22(20,21)13-8-6-12(7-9-13)11-4-2-1-3-5-11/h1-10H,(H3,16,17,18,19). The molecule has 0 atom stereocenters. The lowest BCUT2D eigenvalue weighted by molar-refractivity contribution is 0.601. The topological polar surface area (TPSA) is 94.8 Å². The molecule has 0 radical (unpaired) electrons. The highest BCUT2D eigenvalue weighted by Crippen LogP contribution is 2.21. The predicted molar refractivity (Wildman–Crippen MR) is 84.1 cm³/mol. The summed E-state index contributed by atoms with van der Waals surface area (Å²) in [5, 5.41) is 4.71. The van der Waals surface area contributed by atoms with Gasteiger partial charge in [-0.2, -0.15) is 0 Å². The van der Waals surface area contributed by atoms with Gasteiger partial charge in [0.05, 0.1) is 4.90 Å². The van der Waals surface area contributed by atoms with Crippen LogP contribution in [0.1, 0.15) is 0 Å². The van der Waals surface area contributed by atoms with Crippen molar-refractivity contribution < 1.29 is 8.42 Å². The van der Waals surface area contributed by atoms with Crippen LogP contribution in [0.25, 0.3) is 11.1 Å². The summed E-state index contributed by atoms with van der Waals surface area (Å²) in [5.41, 5.74) is 1.53. The zero-order chi connectivity index (χ0) is 15.6. The van der Waals surface area contributed by atoms with Crippen LogP contribution in [0.4, 0.5) is 5.82 Å². The van der Waals surface area contributed by atoms with Crippen molar-refractivity contribution in [3.05, 3.63) is 71.0 Å². The first kappa shape index (κ1) is 14.2. The SMILES string of the molecule is O=c1cc(NS(=O)(=O)c2ccc(-c3ccccc3)cc2)[nH][nH]1. The van der Waals surface area contributed by atoms with E-state index in [1.807, 2.05) is 30.3 Å². The molecule has 0 aliphatic heterocycles. The summed E-state index contributed by atoms with van der Waals surface area (Å²) in [6.07, 6.45) is 0. The van der Waals surface area contributed by atoms with Gasteiger partial charge in [-0.1, -0.05) is 42.5 Å². The first-order chi connectivity index (χ1) is 10.5. The van der Waals surface area contributed by atoms with Crippen LogP contribution in [-0.2, 0) is 10.0 Å². The van der Waals surface area contributed by atoms with E-state index in [2.05, 4.69) is 14.9 Å². The Kier molecular flexibility index (Phi) is 3.56. The average Bonchev–Trinajstić information content (AvgIpc) is 2.93. The van der Waals surface area contributed by atoms with E-state index in [-0.39, 0.29) is 10.7 Å². The number of nitrogens with one attached hydrogen (secondary N) is 3. The smallest absolute Gasteiger partial charge is 0.266 e. The molecule has 3 N–H and O–H groups in total. The molecule has 0 saturated heterocycles. The van der Waals surface area contributed by atoms with Crippen LogP contribution in [0.5, 0.6) is 0 Å². The number of hydrogen-bond donors (Lipinski definition) is 3. The molecule has 0 aliphatic carbocycles. The molecular weight excluding hydrogens is 302 g/mol. The van der Waals surface area contributed by atoms with Crippen LogP contribution in [0.3, 0.4) is 0 Å². The zero-order valence-corrected chi connectivity index (χ0v) is 12.2. The summed E-state index contributed by atoms with van der Waals surface area (Å²) in [6.45, 7) is 0. The third-order valence-corrected chi connectivity index (χ3v) is 4.49. The number of anilines is 1. The summed E-state index contributed by atoms with van der Waals surface area (Å²) in [6, 6.07) is 17.3. The normalized spacial score (nSPS) is 11.3. The monoisotopic (exact) mass is 315 g/mol. The molecule has 1 heterocycles. The van der Waals surface area contributed by atoms with Gasteiger partial charge in [-0.05, 0) is 23.3 Å². The molecule has 112 valence electrons. The molecule has 6 nitrogen and oxygen atoms in total. The largest absolute Gasteiger partial charge is 0.283 e. The summed E-state index contributed by atoms with van der Waals surface area (Å²) in [7, 11) is -3.74. The van der Waals surface area contributed by atoms with Crippen molar-refractivity contribution in [2.24, 2.45) is 0 Å². The Labute approximate surface area is 126 Å². The fraction of sp³-hybridized carbons (Fsp3) is 0. The summed E-state index contributed by atoms with van der Waals surface area (Å²) in [4.78, 5) is 11.1. The minimum absolute atomic E-state index is 0.0946. The molecule has 0 spiro atoms. The zero-order valence-electron chi connectivity index (χ0n) is 11.4. The molecular formula is C15H13N3O3S. The number of hydrogen-bond acceptors (Lipinski definition) is 3. The Balaban J connectivity index is 1.87. The predicted octanol–water partition coefficient (Wildman–Crippen LogP) is 2.17. The molecule has 3 rings (SSSR count). The van der Waals surface area contributed by atoms with Crippen LogP contribution in [-0.4, -0.2) is 18.6 Å². The number of H-pyrrole nitrogens is 2. The number of rotatable bonds is 4. The fourth-order valence-electron chi connectivity index (χ4n) is 2.05. The Morgan fingerprint density at radius 1 is 0.818 bits per heavy atom. The average molecular weight is 315 g/mol. The third-order valence-electron chi connectivity index (χ3n) is 3.11. The summed E-state index contributed by atoms with van der Waals surface area (Å²) in [5.74, 6) is 0.0946. The number of aromatic nitrogens is 2. The summed E-state index contributed by atoms with van der Waals surface area (Å²) < 4.78 is 26.7. The maximum Gasteiger partial charge on any atom is 0.266 e. The highest BCUT2D eigenvalue weighted by Gasteiger charge is 2.15. The molecule has 1 aromatic heterocycles. The van der Waals surface area contributed by atoms with Gasteiger partial charge < -0.3 is 0 Å². The first-order valence-corrected chi connectivity index (χ1v) is 7.99. The number of sulfonamides is 1. The second kappa shape index (κ2) is 5.53. The van der Waals surface area contributed by atoms with E-state index in [1.165, 1.54) is 12.1 Å². The number of benzene rings is 2. The van der Waals surface area contributed by atoms with Gasteiger partial charge in [0, 0.05) is 6.07 Å². The fourth-order valence-corrected chi connectivity index (χ4v) is 3.06. The third kappa shape index (κ3) is 2.94. The van der Waals surface area contributed by atoms with Gasteiger partial charge in [-0.25, -0.2) is 8.42 Å². The van der Waals surface area contributed by atoms with Gasteiger partial charge in [0.25, 0.3) is 15.6 Å². The quantitative estimate of drug-likeness (QED) is 0.688. The van der Waals surface area contributed by atoms with Crippen molar-refractivity contribution >= 4 is 15.8 Å². The minimum Gasteiger partial charge on any atom is -0.283 e. The molecule has 0 saturated carbocycles. The van der Waals surface area contributed by atoms with Crippen molar-refractivity contribution in [1.82, 2.24) is 10.2 Å². The van der Waals surface area contributed by atoms with Gasteiger partial charge >= 0.3 is 0 Å². The Morgan fingerprint density at radius 3 is 2.05 bits per heavy atom. The minimum atomic E-state index is -3.74. The molecule has 2 aromatic carbocycles. The first-order valence-electron chi connectivity index (χ1n) is 6.51. The van der Waals surface area contributed by atoms with Gasteiger partial charge in [0.2, 0.25) is 0 Å². The molecule has 3 aromatic rings. The Hall–Kier alpha value is -2.80. The molecule has 0 amide bonds. The van der Waals surface area contributed by atoms with E-state index >= 15 is 0 Å². The van der Waals surface area contributed by atoms with Crippen molar-refractivity contribution in [2.75, 3.05) is 4.72 Å². The molecule has 0 aliphatic rings. The lowest BCUT2D eigenvalue weighted by Gasteiger charge is -2.07. The van der Waals surface area contributed by atoms with E-state index in [0.29, 0.717) is 0 Å². The lowest BCUT2D eigenvalue weighted by Crippen LogP contribution is -2.13. The van der Waals surface area contributed by atoms with Gasteiger partial charge in [-0.15, -0.1) is 0 Å².